The van der Waals surface area contributed by atoms with Crippen LogP contribution in [0.4, 0.5) is 11.4 Å². The van der Waals surface area contributed by atoms with Crippen LogP contribution in [0.5, 0.6) is 0 Å². The first kappa shape index (κ1) is 23.5. The molecule has 0 aliphatic heterocycles. The highest BCUT2D eigenvalue weighted by Crippen LogP contribution is 2.30. The fraction of sp³-hybridized carbons (Fsp3) is 0.125. The number of nitrogens with one attached hydrogen (secondary N) is 1. The van der Waals surface area contributed by atoms with Crippen LogP contribution in [0.25, 0.3) is 11.0 Å². The summed E-state index contributed by atoms with van der Waals surface area (Å²) in [5, 5.41) is 7.90. The van der Waals surface area contributed by atoms with Crippen LogP contribution in [0.3, 0.4) is 0 Å². The minimum absolute atomic E-state index is 0.00983. The van der Waals surface area contributed by atoms with Crippen molar-refractivity contribution in [1.29, 1.82) is 0 Å². The van der Waals surface area contributed by atoms with Crippen molar-refractivity contribution in [3.8, 4) is 0 Å². The molecule has 2 aromatic heterocycles. The molecule has 0 saturated carbocycles. The van der Waals surface area contributed by atoms with E-state index in [0.717, 1.165) is 11.1 Å². The quantitative estimate of drug-likeness (QED) is 0.379. The molecule has 0 spiro atoms. The number of fused-ring (bicyclic) bond motifs is 1. The summed E-state index contributed by atoms with van der Waals surface area (Å²) in [7, 11) is -2.29. The summed E-state index contributed by atoms with van der Waals surface area (Å²) in [5.74, 6) is -0.495. The number of nitrogens with zero attached hydrogens (tertiary/aromatic N) is 4. The molecule has 4 rings (SSSR count). The summed E-state index contributed by atoms with van der Waals surface area (Å²) in [4.78, 5) is 17.1. The van der Waals surface area contributed by atoms with Gasteiger partial charge in [0.1, 0.15) is 4.90 Å². The van der Waals surface area contributed by atoms with Crippen molar-refractivity contribution in [2.24, 2.45) is 7.05 Å². The number of aryl methyl sites for hydroxylation is 2. The molecule has 0 aliphatic rings. The van der Waals surface area contributed by atoms with Crippen molar-refractivity contribution in [1.82, 2.24) is 14.8 Å². The first-order chi connectivity index (χ1) is 16.2. The second-order valence-corrected chi connectivity index (χ2v) is 9.80. The Morgan fingerprint density at radius 1 is 1.21 bits per heavy atom. The largest absolute Gasteiger partial charge is 0.321 e. The van der Waals surface area contributed by atoms with Gasteiger partial charge in [-0.3, -0.25) is 13.8 Å². The molecule has 2 aromatic carbocycles. The third-order valence-corrected chi connectivity index (χ3v) is 7.50. The molecule has 0 saturated heterocycles. The van der Waals surface area contributed by atoms with Crippen LogP contribution < -0.4 is 9.62 Å². The Kier molecular flexibility index (Phi) is 6.41. The van der Waals surface area contributed by atoms with Crippen LogP contribution in [0.2, 0.25) is 5.02 Å². The number of amides is 1. The number of anilines is 2. The van der Waals surface area contributed by atoms with E-state index in [-0.39, 0.29) is 22.0 Å². The van der Waals surface area contributed by atoms with Crippen LogP contribution in [-0.2, 0) is 17.1 Å². The predicted octanol–water partition coefficient (Wildman–Crippen LogP) is 4.56. The van der Waals surface area contributed by atoms with Gasteiger partial charge in [-0.05, 0) is 43.3 Å². The number of para-hydroxylation sites is 1. The van der Waals surface area contributed by atoms with Crippen molar-refractivity contribution in [2.45, 2.75) is 11.8 Å². The van der Waals surface area contributed by atoms with Crippen LogP contribution in [0.15, 0.2) is 78.3 Å². The second kappa shape index (κ2) is 9.28. The number of benzene rings is 2. The molecular formula is C24H22ClN5O3S. The van der Waals surface area contributed by atoms with Crippen LogP contribution in [0, 0.1) is 6.92 Å². The lowest BCUT2D eigenvalue weighted by molar-refractivity contribution is 0.102. The maximum atomic E-state index is 13.5. The normalized spacial score (nSPS) is 11.4. The van der Waals surface area contributed by atoms with Gasteiger partial charge in [-0.25, -0.2) is 13.4 Å². The van der Waals surface area contributed by atoms with Gasteiger partial charge in [0.15, 0.2) is 5.65 Å². The van der Waals surface area contributed by atoms with E-state index in [2.05, 4.69) is 22.0 Å². The van der Waals surface area contributed by atoms with Gasteiger partial charge in [0.05, 0.1) is 34.8 Å². The smallest absolute Gasteiger partial charge is 0.266 e. The molecule has 2 heterocycles. The highest BCUT2D eigenvalue weighted by atomic mass is 35.5. The van der Waals surface area contributed by atoms with Gasteiger partial charge >= 0.3 is 0 Å². The Hall–Kier alpha value is -3.69. The molecule has 0 unspecified atom stereocenters. The number of carbonyl (C=O) groups excluding carboxylic acids is 1. The molecule has 10 heteroatoms. The predicted molar refractivity (Wildman–Crippen MR) is 134 cm³/mol. The van der Waals surface area contributed by atoms with Gasteiger partial charge in [0, 0.05) is 18.0 Å². The Morgan fingerprint density at radius 2 is 1.94 bits per heavy atom. The third kappa shape index (κ3) is 4.40. The number of hydrogen-bond acceptors (Lipinski definition) is 5. The lowest BCUT2D eigenvalue weighted by Gasteiger charge is -2.24. The van der Waals surface area contributed by atoms with E-state index < -0.39 is 15.9 Å². The lowest BCUT2D eigenvalue weighted by atomic mass is 10.2. The molecule has 174 valence electrons. The van der Waals surface area contributed by atoms with E-state index in [0.29, 0.717) is 17.0 Å². The van der Waals surface area contributed by atoms with Crippen molar-refractivity contribution in [3.63, 3.8) is 0 Å². The number of aromatic nitrogens is 3. The number of carbonyl (C=O) groups is 1. The molecule has 0 bridgehead atoms. The van der Waals surface area contributed by atoms with Gasteiger partial charge < -0.3 is 5.32 Å². The number of pyridine rings is 1. The number of hydrogen-bond donors (Lipinski definition) is 1. The zero-order valence-electron chi connectivity index (χ0n) is 18.6. The average Bonchev–Trinajstić information content (AvgIpc) is 3.10. The fourth-order valence-corrected chi connectivity index (χ4v) is 5.53. The number of halogens is 1. The molecule has 0 radical (unpaired) electrons. The van der Waals surface area contributed by atoms with Crippen molar-refractivity contribution < 1.29 is 13.2 Å². The fourth-order valence-electron chi connectivity index (χ4n) is 3.59. The maximum Gasteiger partial charge on any atom is 0.266 e. The second-order valence-electron chi connectivity index (χ2n) is 7.56. The zero-order valence-corrected chi connectivity index (χ0v) is 20.1. The molecular weight excluding hydrogens is 474 g/mol. The van der Waals surface area contributed by atoms with E-state index in [4.69, 9.17) is 11.6 Å². The summed E-state index contributed by atoms with van der Waals surface area (Å²) >= 11 is 6.28. The first-order valence-electron chi connectivity index (χ1n) is 10.3. The Balaban J connectivity index is 1.68. The highest BCUT2D eigenvalue weighted by molar-refractivity contribution is 7.93. The molecule has 0 aliphatic carbocycles. The average molecular weight is 496 g/mol. The summed E-state index contributed by atoms with van der Waals surface area (Å²) in [6, 6.07) is 14.5. The Morgan fingerprint density at radius 3 is 2.65 bits per heavy atom. The molecule has 8 nitrogen and oxygen atoms in total. The molecule has 34 heavy (non-hydrogen) atoms. The molecule has 1 amide bonds. The van der Waals surface area contributed by atoms with E-state index in [1.54, 1.807) is 48.1 Å². The topological polar surface area (TPSA) is 97.2 Å². The summed E-state index contributed by atoms with van der Waals surface area (Å²) < 4.78 is 29.9. The number of sulfonamides is 1. The Bertz CT molecular complexity index is 1500. The van der Waals surface area contributed by atoms with E-state index in [9.17, 15) is 13.2 Å². The monoisotopic (exact) mass is 495 g/mol. The van der Waals surface area contributed by atoms with Gasteiger partial charge in [0.25, 0.3) is 15.9 Å². The summed E-state index contributed by atoms with van der Waals surface area (Å²) in [6.07, 6.45) is 3.01. The standard InChI is InChI=1S/C24H22ClN5O3S/c1-4-12-30(19-8-6-5-7-9-19)34(32,33)22-13-17(10-11-21(22)25)24(31)27-18-14-20-16(2)28-29(3)23(20)26-15-18/h4-11,13-15H,1,12H2,2-3H3,(H,27,31). The van der Waals surface area contributed by atoms with E-state index in [1.807, 2.05) is 6.92 Å². The summed E-state index contributed by atoms with van der Waals surface area (Å²) in [6.45, 7) is 5.55. The summed E-state index contributed by atoms with van der Waals surface area (Å²) in [5.41, 5.74) is 2.53. The molecule has 0 fully saturated rings. The van der Waals surface area contributed by atoms with Crippen molar-refractivity contribution in [2.75, 3.05) is 16.2 Å². The highest BCUT2D eigenvalue weighted by Gasteiger charge is 2.27. The first-order valence-corrected chi connectivity index (χ1v) is 12.1. The molecule has 4 aromatic rings. The van der Waals surface area contributed by atoms with E-state index >= 15 is 0 Å². The third-order valence-electron chi connectivity index (χ3n) is 5.22. The van der Waals surface area contributed by atoms with Crippen molar-refractivity contribution in [3.05, 3.63) is 89.7 Å². The SMILES string of the molecule is C=CCN(c1ccccc1)S(=O)(=O)c1cc(C(=O)Nc2cnc3c(c2)c(C)nn3C)ccc1Cl. The minimum Gasteiger partial charge on any atom is -0.321 e. The Labute approximate surface area is 202 Å². The van der Waals surface area contributed by atoms with Gasteiger partial charge in [-0.1, -0.05) is 35.9 Å². The van der Waals surface area contributed by atoms with Gasteiger partial charge in [0.2, 0.25) is 0 Å². The maximum absolute atomic E-state index is 13.5. The van der Waals surface area contributed by atoms with Crippen LogP contribution in [0.1, 0.15) is 16.1 Å². The lowest BCUT2D eigenvalue weighted by Crippen LogP contribution is -2.31. The van der Waals surface area contributed by atoms with Crippen LogP contribution in [-0.4, -0.2) is 35.6 Å². The zero-order chi connectivity index (χ0) is 24.5. The number of rotatable bonds is 7. The molecule has 1 N–H and O–H groups in total. The van der Waals surface area contributed by atoms with E-state index in [1.165, 1.54) is 34.8 Å². The van der Waals surface area contributed by atoms with Crippen molar-refractivity contribution >= 4 is 49.9 Å². The van der Waals surface area contributed by atoms with Crippen LogP contribution >= 0.6 is 11.6 Å². The van der Waals surface area contributed by atoms with Gasteiger partial charge in [-0.2, -0.15) is 5.10 Å². The minimum atomic E-state index is -4.08. The van der Waals surface area contributed by atoms with Gasteiger partial charge in [-0.15, -0.1) is 6.58 Å². The molecule has 0 atom stereocenters.